The number of rotatable bonds is 7. The number of methoxy groups -OCH3 is 2. The van der Waals surface area contributed by atoms with Crippen molar-refractivity contribution in [2.45, 2.75) is 5.16 Å². The number of nitrogens with zero attached hydrogens (tertiary/aromatic N) is 4. The van der Waals surface area contributed by atoms with Gasteiger partial charge in [-0.15, -0.1) is 5.10 Å². The molecule has 1 N–H and O–H groups in total. The van der Waals surface area contributed by atoms with E-state index >= 15 is 0 Å². The topological polar surface area (TPSA) is 91.2 Å². The van der Waals surface area contributed by atoms with E-state index in [2.05, 4.69) is 20.8 Å². The summed E-state index contributed by atoms with van der Waals surface area (Å²) in [5, 5.41) is 15.0. The number of nitrogens with one attached hydrogen (secondary N) is 1. The van der Waals surface area contributed by atoms with Crippen LogP contribution in [0.4, 0.5) is 5.69 Å². The molecule has 8 nitrogen and oxygen atoms in total. The first-order valence-electron chi connectivity index (χ1n) is 7.69. The summed E-state index contributed by atoms with van der Waals surface area (Å²) >= 11 is 1.24. The highest BCUT2D eigenvalue weighted by Crippen LogP contribution is 2.22. The Labute approximate surface area is 154 Å². The van der Waals surface area contributed by atoms with Crippen LogP contribution in [0.3, 0.4) is 0 Å². The van der Waals surface area contributed by atoms with E-state index in [-0.39, 0.29) is 11.7 Å². The van der Waals surface area contributed by atoms with E-state index in [1.807, 2.05) is 36.4 Å². The molecule has 26 heavy (non-hydrogen) atoms. The number of tetrazole rings is 1. The van der Waals surface area contributed by atoms with E-state index in [0.717, 1.165) is 5.69 Å². The van der Waals surface area contributed by atoms with E-state index in [9.17, 15) is 4.79 Å². The summed E-state index contributed by atoms with van der Waals surface area (Å²) in [7, 11) is 3.17. The standard InChI is InChI=1S/C17H17N5O3S/c1-24-14-7-3-5-12(9-14)18-16(23)11-26-17-19-20-21-22(17)13-6-4-8-15(10-13)25-2/h3-10H,11H2,1-2H3,(H,18,23). The second-order valence-electron chi connectivity index (χ2n) is 5.14. The van der Waals surface area contributed by atoms with Crippen molar-refractivity contribution in [1.29, 1.82) is 0 Å². The normalized spacial score (nSPS) is 10.4. The number of thioether (sulfide) groups is 1. The zero-order chi connectivity index (χ0) is 18.4. The molecule has 2 aromatic carbocycles. The van der Waals surface area contributed by atoms with Gasteiger partial charge in [0, 0.05) is 17.8 Å². The summed E-state index contributed by atoms with van der Waals surface area (Å²) in [6.07, 6.45) is 0. The Morgan fingerprint density at radius 2 is 1.85 bits per heavy atom. The minimum atomic E-state index is -0.163. The Hall–Kier alpha value is -3.07. The first-order chi connectivity index (χ1) is 12.7. The molecule has 0 atom stereocenters. The van der Waals surface area contributed by atoms with Gasteiger partial charge < -0.3 is 14.8 Å². The maximum Gasteiger partial charge on any atom is 0.234 e. The lowest BCUT2D eigenvalue weighted by Crippen LogP contribution is -2.14. The molecular weight excluding hydrogens is 354 g/mol. The Morgan fingerprint density at radius 1 is 1.12 bits per heavy atom. The third-order valence-corrected chi connectivity index (χ3v) is 4.34. The quantitative estimate of drug-likeness (QED) is 0.638. The van der Waals surface area contributed by atoms with Crippen LogP contribution in [0.25, 0.3) is 5.69 Å². The van der Waals surface area contributed by atoms with Gasteiger partial charge in [-0.3, -0.25) is 4.79 Å². The highest BCUT2D eigenvalue weighted by molar-refractivity contribution is 7.99. The molecule has 0 saturated carbocycles. The van der Waals surface area contributed by atoms with Crippen molar-refractivity contribution in [1.82, 2.24) is 20.2 Å². The molecule has 3 aromatic rings. The van der Waals surface area contributed by atoms with Crippen molar-refractivity contribution in [3.63, 3.8) is 0 Å². The largest absolute Gasteiger partial charge is 0.497 e. The summed E-state index contributed by atoms with van der Waals surface area (Å²) < 4.78 is 11.9. The van der Waals surface area contributed by atoms with Gasteiger partial charge in [-0.2, -0.15) is 4.68 Å². The first kappa shape index (κ1) is 17.7. The van der Waals surface area contributed by atoms with E-state index in [0.29, 0.717) is 22.3 Å². The van der Waals surface area contributed by atoms with Crippen molar-refractivity contribution in [2.24, 2.45) is 0 Å². The Balaban J connectivity index is 1.65. The molecule has 0 radical (unpaired) electrons. The molecule has 0 bridgehead atoms. The van der Waals surface area contributed by atoms with Crippen LogP contribution < -0.4 is 14.8 Å². The Morgan fingerprint density at radius 3 is 2.62 bits per heavy atom. The number of hydrogen-bond acceptors (Lipinski definition) is 7. The van der Waals surface area contributed by atoms with Gasteiger partial charge in [0.15, 0.2) is 0 Å². The minimum Gasteiger partial charge on any atom is -0.497 e. The number of anilines is 1. The third kappa shape index (κ3) is 4.31. The summed E-state index contributed by atoms with van der Waals surface area (Å²) in [4.78, 5) is 12.2. The van der Waals surface area contributed by atoms with Crippen LogP contribution in [0.1, 0.15) is 0 Å². The van der Waals surface area contributed by atoms with Gasteiger partial charge in [0.25, 0.3) is 0 Å². The number of carbonyl (C=O) groups is 1. The fourth-order valence-corrected chi connectivity index (χ4v) is 2.89. The van der Waals surface area contributed by atoms with Crippen LogP contribution in [0.5, 0.6) is 11.5 Å². The van der Waals surface area contributed by atoms with Gasteiger partial charge in [0.05, 0.1) is 25.7 Å². The Kier molecular flexibility index (Phi) is 5.69. The van der Waals surface area contributed by atoms with Gasteiger partial charge in [0.2, 0.25) is 11.1 Å². The van der Waals surface area contributed by atoms with Crippen molar-refractivity contribution in [2.75, 3.05) is 25.3 Å². The van der Waals surface area contributed by atoms with Crippen LogP contribution in [-0.4, -0.2) is 46.1 Å². The molecule has 0 aliphatic carbocycles. The van der Waals surface area contributed by atoms with Crippen LogP contribution in [-0.2, 0) is 4.79 Å². The van der Waals surface area contributed by atoms with Crippen LogP contribution in [0, 0.1) is 0 Å². The fourth-order valence-electron chi connectivity index (χ4n) is 2.20. The predicted octanol–water partition coefficient (Wildman–Crippen LogP) is 2.41. The van der Waals surface area contributed by atoms with Crippen LogP contribution >= 0.6 is 11.8 Å². The van der Waals surface area contributed by atoms with Gasteiger partial charge >= 0.3 is 0 Å². The molecule has 9 heteroatoms. The average Bonchev–Trinajstić information content (AvgIpc) is 3.15. The van der Waals surface area contributed by atoms with Crippen molar-refractivity contribution >= 4 is 23.4 Å². The predicted molar refractivity (Wildman–Crippen MR) is 98.1 cm³/mol. The molecule has 1 heterocycles. The molecule has 0 aliphatic rings. The van der Waals surface area contributed by atoms with E-state index in [1.54, 1.807) is 31.0 Å². The van der Waals surface area contributed by atoms with Crippen molar-refractivity contribution < 1.29 is 14.3 Å². The fraction of sp³-hybridized carbons (Fsp3) is 0.176. The zero-order valence-electron chi connectivity index (χ0n) is 14.2. The summed E-state index contributed by atoms with van der Waals surface area (Å²) in [6, 6.07) is 14.5. The molecule has 0 fully saturated rings. The van der Waals surface area contributed by atoms with Crippen molar-refractivity contribution in [3.8, 4) is 17.2 Å². The monoisotopic (exact) mass is 371 g/mol. The molecule has 1 aromatic heterocycles. The summed E-state index contributed by atoms with van der Waals surface area (Å²) in [5.41, 5.74) is 1.42. The van der Waals surface area contributed by atoms with Gasteiger partial charge in [0.1, 0.15) is 11.5 Å². The molecule has 1 amide bonds. The number of ether oxygens (including phenoxy) is 2. The molecule has 0 spiro atoms. The van der Waals surface area contributed by atoms with Gasteiger partial charge in [-0.05, 0) is 34.7 Å². The molecule has 0 aliphatic heterocycles. The maximum atomic E-state index is 12.2. The molecule has 3 rings (SSSR count). The Bertz CT molecular complexity index is 899. The smallest absolute Gasteiger partial charge is 0.234 e. The lowest BCUT2D eigenvalue weighted by Gasteiger charge is -2.08. The first-order valence-corrected chi connectivity index (χ1v) is 8.67. The lowest BCUT2D eigenvalue weighted by molar-refractivity contribution is -0.113. The number of aromatic nitrogens is 4. The maximum absolute atomic E-state index is 12.2. The second kappa shape index (κ2) is 8.34. The van der Waals surface area contributed by atoms with Gasteiger partial charge in [-0.1, -0.05) is 23.9 Å². The molecule has 0 unspecified atom stereocenters. The third-order valence-electron chi connectivity index (χ3n) is 3.42. The second-order valence-corrected chi connectivity index (χ2v) is 6.09. The molecule has 0 saturated heterocycles. The number of amides is 1. The van der Waals surface area contributed by atoms with Crippen LogP contribution in [0.2, 0.25) is 0 Å². The van der Waals surface area contributed by atoms with E-state index in [4.69, 9.17) is 9.47 Å². The average molecular weight is 371 g/mol. The molecule has 134 valence electrons. The SMILES string of the molecule is COc1cccc(NC(=O)CSc2nnnn2-c2cccc(OC)c2)c1. The van der Waals surface area contributed by atoms with Crippen molar-refractivity contribution in [3.05, 3.63) is 48.5 Å². The van der Waals surface area contributed by atoms with E-state index < -0.39 is 0 Å². The van der Waals surface area contributed by atoms with Crippen LogP contribution in [0.15, 0.2) is 53.7 Å². The van der Waals surface area contributed by atoms with Gasteiger partial charge in [-0.25, -0.2) is 0 Å². The zero-order valence-corrected chi connectivity index (χ0v) is 15.1. The summed E-state index contributed by atoms with van der Waals surface area (Å²) in [6.45, 7) is 0. The molecular formula is C17H17N5O3S. The minimum absolute atomic E-state index is 0.163. The number of hydrogen-bond donors (Lipinski definition) is 1. The number of benzene rings is 2. The van der Waals surface area contributed by atoms with E-state index in [1.165, 1.54) is 11.8 Å². The highest BCUT2D eigenvalue weighted by atomic mass is 32.2. The summed E-state index contributed by atoms with van der Waals surface area (Å²) in [5.74, 6) is 1.38. The lowest BCUT2D eigenvalue weighted by atomic mass is 10.3. The number of carbonyl (C=O) groups excluding carboxylic acids is 1. The highest BCUT2D eigenvalue weighted by Gasteiger charge is 2.12.